The van der Waals surface area contributed by atoms with E-state index < -0.39 is 11.9 Å². The monoisotopic (exact) mass is 279 g/mol. The number of rotatable bonds is 4. The van der Waals surface area contributed by atoms with Crippen molar-refractivity contribution in [3.63, 3.8) is 0 Å². The van der Waals surface area contributed by atoms with Crippen molar-refractivity contribution < 1.29 is 9.50 Å². The van der Waals surface area contributed by atoms with Crippen LogP contribution in [0.4, 0.5) is 4.39 Å². The van der Waals surface area contributed by atoms with Crippen LogP contribution in [0.2, 0.25) is 5.02 Å². The SMILES string of the molecule is CCc1cnccc1C(O)Cc1c(F)cccc1Cl. The molecule has 1 aromatic heterocycles. The Morgan fingerprint density at radius 3 is 2.84 bits per heavy atom. The smallest absolute Gasteiger partial charge is 0.127 e. The van der Waals surface area contributed by atoms with Gasteiger partial charge in [-0.05, 0) is 35.7 Å². The van der Waals surface area contributed by atoms with E-state index in [2.05, 4.69) is 4.98 Å². The third-order valence-electron chi connectivity index (χ3n) is 3.14. The molecular weight excluding hydrogens is 265 g/mol. The summed E-state index contributed by atoms with van der Waals surface area (Å²) in [6.45, 7) is 1.99. The molecule has 0 spiro atoms. The molecule has 0 saturated heterocycles. The molecule has 0 aliphatic carbocycles. The van der Waals surface area contributed by atoms with Gasteiger partial charge in [-0.15, -0.1) is 0 Å². The first kappa shape index (κ1) is 14.0. The minimum Gasteiger partial charge on any atom is -0.388 e. The molecular formula is C15H15ClFNO. The standard InChI is InChI=1S/C15H15ClFNO/c1-2-10-9-18-7-6-11(10)15(19)8-12-13(16)4-3-5-14(12)17/h3-7,9,15,19H,2,8H2,1H3. The maximum absolute atomic E-state index is 13.7. The van der Waals surface area contributed by atoms with E-state index in [0.717, 1.165) is 17.5 Å². The lowest BCUT2D eigenvalue weighted by Crippen LogP contribution is -2.07. The van der Waals surface area contributed by atoms with E-state index in [1.165, 1.54) is 6.07 Å². The summed E-state index contributed by atoms with van der Waals surface area (Å²) in [5.41, 5.74) is 2.08. The molecule has 0 fully saturated rings. The maximum Gasteiger partial charge on any atom is 0.127 e. The van der Waals surface area contributed by atoms with Crippen LogP contribution in [0, 0.1) is 5.82 Å². The first-order chi connectivity index (χ1) is 9.13. The Morgan fingerprint density at radius 1 is 1.37 bits per heavy atom. The van der Waals surface area contributed by atoms with Gasteiger partial charge in [0, 0.05) is 29.4 Å². The first-order valence-corrected chi connectivity index (χ1v) is 6.55. The number of aliphatic hydroxyl groups excluding tert-OH is 1. The molecule has 1 unspecified atom stereocenters. The Bertz CT molecular complexity index is 554. The third-order valence-corrected chi connectivity index (χ3v) is 3.49. The molecule has 1 heterocycles. The van der Waals surface area contributed by atoms with E-state index in [0.29, 0.717) is 10.6 Å². The van der Waals surface area contributed by atoms with Crippen LogP contribution in [0.5, 0.6) is 0 Å². The Morgan fingerprint density at radius 2 is 2.16 bits per heavy atom. The fraction of sp³-hybridized carbons (Fsp3) is 0.267. The van der Waals surface area contributed by atoms with Crippen molar-refractivity contribution in [2.24, 2.45) is 0 Å². The van der Waals surface area contributed by atoms with E-state index in [4.69, 9.17) is 11.6 Å². The highest BCUT2D eigenvalue weighted by atomic mass is 35.5. The second-order valence-electron chi connectivity index (χ2n) is 4.35. The summed E-state index contributed by atoms with van der Waals surface area (Å²) in [7, 11) is 0. The van der Waals surface area contributed by atoms with E-state index >= 15 is 0 Å². The van der Waals surface area contributed by atoms with Crippen LogP contribution in [-0.2, 0) is 12.8 Å². The van der Waals surface area contributed by atoms with Gasteiger partial charge in [-0.2, -0.15) is 0 Å². The van der Waals surface area contributed by atoms with Crippen molar-refractivity contribution in [1.29, 1.82) is 0 Å². The second-order valence-corrected chi connectivity index (χ2v) is 4.76. The number of aryl methyl sites for hydroxylation is 1. The van der Waals surface area contributed by atoms with Crippen molar-refractivity contribution in [2.75, 3.05) is 0 Å². The molecule has 0 saturated carbocycles. The molecule has 0 aliphatic rings. The molecule has 0 radical (unpaired) electrons. The van der Waals surface area contributed by atoms with Gasteiger partial charge in [0.15, 0.2) is 0 Å². The molecule has 2 nitrogen and oxygen atoms in total. The average Bonchev–Trinajstić information content (AvgIpc) is 2.42. The topological polar surface area (TPSA) is 33.1 Å². The maximum atomic E-state index is 13.7. The van der Waals surface area contributed by atoms with Gasteiger partial charge in [0.1, 0.15) is 5.82 Å². The number of hydrogen-bond acceptors (Lipinski definition) is 2. The van der Waals surface area contributed by atoms with E-state index in [1.54, 1.807) is 30.6 Å². The largest absolute Gasteiger partial charge is 0.388 e. The zero-order valence-corrected chi connectivity index (χ0v) is 11.4. The second kappa shape index (κ2) is 6.13. The normalized spacial score (nSPS) is 12.4. The van der Waals surface area contributed by atoms with Crippen LogP contribution in [0.15, 0.2) is 36.7 Å². The fourth-order valence-electron chi connectivity index (χ4n) is 2.09. The molecule has 2 rings (SSSR count). The minimum atomic E-state index is -0.785. The summed E-state index contributed by atoms with van der Waals surface area (Å²) in [5.74, 6) is -0.390. The van der Waals surface area contributed by atoms with Gasteiger partial charge in [-0.25, -0.2) is 4.39 Å². The number of pyridine rings is 1. The first-order valence-electron chi connectivity index (χ1n) is 6.17. The molecule has 19 heavy (non-hydrogen) atoms. The van der Waals surface area contributed by atoms with Crippen LogP contribution in [0.3, 0.4) is 0 Å². The molecule has 0 amide bonds. The summed E-state index contributed by atoms with van der Waals surface area (Å²) in [4.78, 5) is 4.03. The van der Waals surface area contributed by atoms with Gasteiger partial charge >= 0.3 is 0 Å². The van der Waals surface area contributed by atoms with Crippen LogP contribution >= 0.6 is 11.6 Å². The fourth-order valence-corrected chi connectivity index (χ4v) is 2.33. The predicted octanol–water partition coefficient (Wildman–Crippen LogP) is 3.71. The third kappa shape index (κ3) is 3.11. The molecule has 1 atom stereocenters. The summed E-state index contributed by atoms with van der Waals surface area (Å²) in [6.07, 6.45) is 3.49. The van der Waals surface area contributed by atoms with Gasteiger partial charge < -0.3 is 5.11 Å². The zero-order valence-electron chi connectivity index (χ0n) is 10.6. The van der Waals surface area contributed by atoms with Crippen molar-refractivity contribution in [3.8, 4) is 0 Å². The molecule has 1 aromatic carbocycles. The molecule has 4 heteroatoms. The van der Waals surface area contributed by atoms with Crippen molar-refractivity contribution >= 4 is 11.6 Å². The lowest BCUT2D eigenvalue weighted by molar-refractivity contribution is 0.176. The number of nitrogens with zero attached hydrogens (tertiary/aromatic N) is 1. The van der Waals surface area contributed by atoms with Crippen LogP contribution in [-0.4, -0.2) is 10.1 Å². The van der Waals surface area contributed by atoms with Gasteiger partial charge in [-0.3, -0.25) is 4.98 Å². The lowest BCUT2D eigenvalue weighted by atomic mass is 9.97. The number of halogens is 2. The Labute approximate surface area is 116 Å². The summed E-state index contributed by atoms with van der Waals surface area (Å²) in [5, 5.41) is 10.6. The number of benzene rings is 1. The number of aromatic nitrogens is 1. The van der Waals surface area contributed by atoms with Crippen molar-refractivity contribution in [2.45, 2.75) is 25.9 Å². The Kier molecular flexibility index (Phi) is 4.51. The molecule has 2 aromatic rings. The van der Waals surface area contributed by atoms with E-state index in [9.17, 15) is 9.50 Å². The Balaban J connectivity index is 2.28. The molecule has 1 N–H and O–H groups in total. The summed E-state index contributed by atoms with van der Waals surface area (Å²) >= 11 is 5.97. The van der Waals surface area contributed by atoms with E-state index in [-0.39, 0.29) is 6.42 Å². The minimum absolute atomic E-state index is 0.155. The van der Waals surface area contributed by atoms with Crippen molar-refractivity contribution in [3.05, 3.63) is 64.2 Å². The molecule has 100 valence electrons. The van der Waals surface area contributed by atoms with Crippen molar-refractivity contribution in [1.82, 2.24) is 4.98 Å². The van der Waals surface area contributed by atoms with Gasteiger partial charge in [0.2, 0.25) is 0 Å². The van der Waals surface area contributed by atoms with E-state index in [1.807, 2.05) is 6.92 Å². The summed E-state index contributed by atoms with van der Waals surface area (Å²) in [6, 6.07) is 6.29. The average molecular weight is 280 g/mol. The highest BCUT2D eigenvalue weighted by molar-refractivity contribution is 6.31. The van der Waals surface area contributed by atoms with Crippen LogP contribution < -0.4 is 0 Å². The van der Waals surface area contributed by atoms with Gasteiger partial charge in [-0.1, -0.05) is 24.6 Å². The summed E-state index contributed by atoms with van der Waals surface area (Å²) < 4.78 is 13.7. The zero-order chi connectivity index (χ0) is 13.8. The van der Waals surface area contributed by atoms with Crippen LogP contribution in [0.25, 0.3) is 0 Å². The van der Waals surface area contributed by atoms with Gasteiger partial charge in [0.25, 0.3) is 0 Å². The highest BCUT2D eigenvalue weighted by Gasteiger charge is 2.16. The lowest BCUT2D eigenvalue weighted by Gasteiger charge is -2.15. The predicted molar refractivity (Wildman–Crippen MR) is 73.7 cm³/mol. The molecule has 0 bridgehead atoms. The number of hydrogen-bond donors (Lipinski definition) is 1. The van der Waals surface area contributed by atoms with Crippen LogP contribution in [0.1, 0.15) is 29.7 Å². The molecule has 0 aliphatic heterocycles. The van der Waals surface area contributed by atoms with Gasteiger partial charge in [0.05, 0.1) is 6.10 Å². The number of aliphatic hydroxyl groups is 1. The highest BCUT2D eigenvalue weighted by Crippen LogP contribution is 2.27. The Hall–Kier alpha value is -1.45. The quantitative estimate of drug-likeness (QED) is 0.925.